The van der Waals surface area contributed by atoms with Gasteiger partial charge in [-0.2, -0.15) is 0 Å². The zero-order valence-electron chi connectivity index (χ0n) is 16.5. The SMILES string of the molecule is [N-]=[N+]=Nc1ccc(CC(=O)c2c(O)cc(OC3OC(CO)C(O)C(O)C3O)cc2O)cc1. The highest BCUT2D eigenvalue weighted by Gasteiger charge is 2.44. The van der Waals surface area contributed by atoms with Crippen molar-refractivity contribution in [3.8, 4) is 17.2 Å². The van der Waals surface area contributed by atoms with Crippen LogP contribution >= 0.6 is 0 Å². The molecule has 1 aliphatic heterocycles. The fraction of sp³-hybridized carbons (Fsp3) is 0.350. The number of aliphatic hydroxyl groups is 4. The minimum atomic E-state index is -1.69. The van der Waals surface area contributed by atoms with Gasteiger partial charge in [0.05, 0.1) is 6.61 Å². The van der Waals surface area contributed by atoms with E-state index in [1.807, 2.05) is 0 Å². The van der Waals surface area contributed by atoms with E-state index >= 15 is 0 Å². The first-order valence-corrected chi connectivity index (χ1v) is 9.45. The van der Waals surface area contributed by atoms with E-state index in [0.717, 1.165) is 12.1 Å². The Morgan fingerprint density at radius 1 is 1.06 bits per heavy atom. The molecule has 6 N–H and O–H groups in total. The summed E-state index contributed by atoms with van der Waals surface area (Å²) in [5, 5.41) is 62.9. The lowest BCUT2D eigenvalue weighted by atomic mass is 9.99. The van der Waals surface area contributed by atoms with E-state index in [9.17, 15) is 35.4 Å². The van der Waals surface area contributed by atoms with Crippen LogP contribution < -0.4 is 4.74 Å². The predicted molar refractivity (Wildman–Crippen MR) is 107 cm³/mol. The molecule has 0 aliphatic carbocycles. The third kappa shape index (κ3) is 4.92. The first-order chi connectivity index (χ1) is 15.2. The van der Waals surface area contributed by atoms with Crippen LogP contribution in [0.15, 0.2) is 41.5 Å². The minimum Gasteiger partial charge on any atom is -0.507 e. The van der Waals surface area contributed by atoms with E-state index in [4.69, 9.17) is 15.0 Å². The Hall–Kier alpha value is -3.38. The van der Waals surface area contributed by atoms with Crippen LogP contribution in [0.4, 0.5) is 5.69 Å². The summed E-state index contributed by atoms with van der Waals surface area (Å²) in [6.45, 7) is -0.654. The normalized spacial score (nSPS) is 25.1. The third-order valence-corrected chi connectivity index (χ3v) is 4.91. The number of carbonyl (C=O) groups is 1. The van der Waals surface area contributed by atoms with Gasteiger partial charge in [-0.05, 0) is 11.1 Å². The number of Topliss-reactive ketones (excluding diaryl/α,β-unsaturated/α-hetero) is 1. The van der Waals surface area contributed by atoms with Crippen molar-refractivity contribution < 1.29 is 44.9 Å². The number of hydrogen-bond acceptors (Lipinski definition) is 10. The van der Waals surface area contributed by atoms with Gasteiger partial charge in [-0.25, -0.2) is 0 Å². The number of rotatable bonds is 7. The molecule has 0 radical (unpaired) electrons. The number of azide groups is 1. The number of carbonyl (C=O) groups excluding carboxylic acids is 1. The summed E-state index contributed by atoms with van der Waals surface area (Å²) in [4.78, 5) is 15.2. The highest BCUT2D eigenvalue weighted by Crippen LogP contribution is 2.35. The molecule has 1 saturated heterocycles. The second kappa shape index (κ2) is 9.83. The molecule has 12 nitrogen and oxygen atoms in total. The summed E-state index contributed by atoms with van der Waals surface area (Å²) in [6, 6.07) is 8.18. The van der Waals surface area contributed by atoms with Gasteiger partial charge in [0.1, 0.15) is 47.2 Å². The summed E-state index contributed by atoms with van der Waals surface area (Å²) < 4.78 is 10.5. The third-order valence-electron chi connectivity index (χ3n) is 4.91. The number of ether oxygens (including phenoxy) is 2. The van der Waals surface area contributed by atoms with Crippen molar-refractivity contribution in [2.75, 3.05) is 6.61 Å². The lowest BCUT2D eigenvalue weighted by Gasteiger charge is -2.39. The Morgan fingerprint density at radius 3 is 2.25 bits per heavy atom. The molecule has 1 aliphatic rings. The molecule has 170 valence electrons. The summed E-state index contributed by atoms with van der Waals surface area (Å²) in [7, 11) is 0. The number of ketones is 1. The quantitative estimate of drug-likeness (QED) is 0.152. The molecule has 3 rings (SSSR count). The standard InChI is InChI=1S/C20H21N3O9/c21-23-22-10-3-1-9(2-4-10)5-12(25)16-13(26)6-11(7-14(16)27)31-20-19(30)18(29)17(28)15(8-24)32-20/h1-4,6-7,15,17-20,24,26-30H,5,8H2. The molecule has 2 aromatic carbocycles. The molecular formula is C20H21N3O9. The van der Waals surface area contributed by atoms with E-state index in [1.54, 1.807) is 12.1 Å². The number of phenolic OH excluding ortho intramolecular Hbond substituents is 2. The van der Waals surface area contributed by atoms with Gasteiger partial charge in [-0.3, -0.25) is 4.79 Å². The predicted octanol–water partition coefficient (Wildman–Crippen LogP) is 0.644. The Labute approximate surface area is 181 Å². The van der Waals surface area contributed by atoms with Crippen molar-refractivity contribution in [1.82, 2.24) is 0 Å². The number of aromatic hydroxyl groups is 2. The van der Waals surface area contributed by atoms with Gasteiger partial charge in [0.25, 0.3) is 0 Å². The Bertz CT molecular complexity index is 998. The van der Waals surface area contributed by atoms with Gasteiger partial charge < -0.3 is 40.1 Å². The van der Waals surface area contributed by atoms with E-state index in [-0.39, 0.29) is 17.7 Å². The van der Waals surface area contributed by atoms with Crippen LogP contribution in [-0.4, -0.2) is 73.7 Å². The molecule has 0 bridgehead atoms. The van der Waals surface area contributed by atoms with Crippen molar-refractivity contribution >= 4 is 11.5 Å². The molecule has 0 amide bonds. The van der Waals surface area contributed by atoms with E-state index in [1.165, 1.54) is 12.1 Å². The molecular weight excluding hydrogens is 426 g/mol. The van der Waals surface area contributed by atoms with Crippen molar-refractivity contribution in [1.29, 1.82) is 0 Å². The summed E-state index contributed by atoms with van der Waals surface area (Å²) >= 11 is 0. The van der Waals surface area contributed by atoms with Crippen LogP contribution in [0.1, 0.15) is 15.9 Å². The monoisotopic (exact) mass is 447 g/mol. The van der Waals surface area contributed by atoms with Crippen molar-refractivity contribution in [3.05, 3.63) is 58.0 Å². The number of nitrogens with zero attached hydrogens (tertiary/aromatic N) is 3. The first kappa shape index (κ1) is 23.3. The molecule has 32 heavy (non-hydrogen) atoms. The molecule has 5 unspecified atom stereocenters. The maximum absolute atomic E-state index is 12.6. The van der Waals surface area contributed by atoms with Gasteiger partial charge in [0.15, 0.2) is 5.78 Å². The van der Waals surface area contributed by atoms with Crippen molar-refractivity contribution in [2.24, 2.45) is 5.11 Å². The fourth-order valence-electron chi connectivity index (χ4n) is 3.25. The molecule has 0 spiro atoms. The summed E-state index contributed by atoms with van der Waals surface area (Å²) in [5.41, 5.74) is 8.97. The zero-order valence-corrected chi connectivity index (χ0v) is 16.5. The molecule has 0 aromatic heterocycles. The largest absolute Gasteiger partial charge is 0.507 e. The van der Waals surface area contributed by atoms with Crippen LogP contribution in [0.5, 0.6) is 17.2 Å². The maximum atomic E-state index is 12.6. The second-order valence-electron chi connectivity index (χ2n) is 7.11. The minimum absolute atomic E-state index is 0.162. The highest BCUT2D eigenvalue weighted by atomic mass is 16.7. The fourth-order valence-corrected chi connectivity index (χ4v) is 3.25. The van der Waals surface area contributed by atoms with Gasteiger partial charge >= 0.3 is 0 Å². The number of benzene rings is 2. The summed E-state index contributed by atoms with van der Waals surface area (Å²) in [5.74, 6) is -1.99. The molecule has 5 atom stereocenters. The molecule has 12 heteroatoms. The van der Waals surface area contributed by atoms with E-state index in [2.05, 4.69) is 10.0 Å². The zero-order chi connectivity index (χ0) is 23.4. The molecule has 2 aromatic rings. The van der Waals surface area contributed by atoms with Crippen LogP contribution in [0.3, 0.4) is 0 Å². The van der Waals surface area contributed by atoms with E-state index < -0.39 is 54.6 Å². The van der Waals surface area contributed by atoms with Crippen LogP contribution in [0.2, 0.25) is 0 Å². The van der Waals surface area contributed by atoms with Gasteiger partial charge in [0.2, 0.25) is 6.29 Å². The van der Waals surface area contributed by atoms with E-state index in [0.29, 0.717) is 11.3 Å². The highest BCUT2D eigenvalue weighted by molar-refractivity contribution is 6.02. The van der Waals surface area contributed by atoms with Crippen molar-refractivity contribution in [2.45, 2.75) is 37.1 Å². The maximum Gasteiger partial charge on any atom is 0.229 e. The Kier molecular flexibility index (Phi) is 7.15. The first-order valence-electron chi connectivity index (χ1n) is 9.45. The van der Waals surface area contributed by atoms with Crippen LogP contribution in [-0.2, 0) is 11.2 Å². The second-order valence-corrected chi connectivity index (χ2v) is 7.11. The molecule has 1 heterocycles. The number of aliphatic hydroxyl groups excluding tert-OH is 4. The summed E-state index contributed by atoms with van der Waals surface area (Å²) in [6.07, 6.45) is -7.82. The number of phenols is 2. The average molecular weight is 447 g/mol. The smallest absolute Gasteiger partial charge is 0.229 e. The van der Waals surface area contributed by atoms with Gasteiger partial charge in [-0.1, -0.05) is 29.4 Å². The number of hydrogen-bond donors (Lipinski definition) is 6. The van der Waals surface area contributed by atoms with Crippen molar-refractivity contribution in [3.63, 3.8) is 0 Å². The molecule has 0 saturated carbocycles. The Balaban J connectivity index is 1.75. The topological polar surface area (TPSA) is 206 Å². The van der Waals surface area contributed by atoms with Crippen LogP contribution in [0.25, 0.3) is 10.4 Å². The Morgan fingerprint density at radius 2 is 1.69 bits per heavy atom. The average Bonchev–Trinajstić information content (AvgIpc) is 2.75. The van der Waals surface area contributed by atoms with Gasteiger partial charge in [-0.15, -0.1) is 0 Å². The van der Waals surface area contributed by atoms with Gasteiger partial charge in [0, 0.05) is 29.2 Å². The van der Waals surface area contributed by atoms with Crippen LogP contribution in [0, 0.1) is 0 Å². The molecule has 1 fully saturated rings. The lowest BCUT2D eigenvalue weighted by molar-refractivity contribution is -0.277. The lowest BCUT2D eigenvalue weighted by Crippen LogP contribution is -2.60.